The van der Waals surface area contributed by atoms with Crippen molar-refractivity contribution < 1.29 is 19.1 Å². The van der Waals surface area contributed by atoms with Crippen LogP contribution in [0, 0.1) is 0 Å². The molecular formula is C21H23Cl2N3O4. The number of nitrogens with zero attached hydrogens (tertiary/aromatic N) is 2. The first-order valence-electron chi connectivity index (χ1n) is 9.39. The normalized spacial score (nSPS) is 14.2. The van der Waals surface area contributed by atoms with E-state index in [4.69, 9.17) is 32.7 Å². The molecule has 1 aliphatic heterocycles. The molecule has 1 unspecified atom stereocenters. The first-order chi connectivity index (χ1) is 14.2. The molecule has 2 amide bonds. The Kier molecular flexibility index (Phi) is 7.07. The summed E-state index contributed by atoms with van der Waals surface area (Å²) in [7, 11) is 3.90. The van der Waals surface area contributed by atoms with Crippen LogP contribution in [-0.2, 0) is 9.59 Å². The first-order valence-corrected chi connectivity index (χ1v) is 10.1. The molecule has 2 aromatic rings. The second-order valence-electron chi connectivity index (χ2n) is 7.14. The zero-order chi connectivity index (χ0) is 21.8. The molecule has 7 nitrogen and oxygen atoms in total. The summed E-state index contributed by atoms with van der Waals surface area (Å²) in [4.78, 5) is 28.5. The van der Waals surface area contributed by atoms with Gasteiger partial charge in [-0.05, 0) is 51.4 Å². The van der Waals surface area contributed by atoms with Crippen LogP contribution in [0.2, 0.25) is 10.0 Å². The lowest BCUT2D eigenvalue weighted by Crippen LogP contribution is -2.42. The van der Waals surface area contributed by atoms with Gasteiger partial charge in [0.05, 0.1) is 10.7 Å². The summed E-state index contributed by atoms with van der Waals surface area (Å²) in [6, 6.07) is 9.98. The maximum Gasteiger partial charge on any atom is 0.265 e. The minimum absolute atomic E-state index is 0.0353. The number of anilines is 2. The Hall–Kier alpha value is -2.48. The predicted octanol–water partition coefficient (Wildman–Crippen LogP) is 3.69. The number of halogens is 2. The molecule has 0 saturated carbocycles. The SMILES string of the molecule is CC(Oc1ccc(Cl)cc1Cl)C(=O)Nc1ccc2c(c1)OCC(=O)N2CCN(C)C. The average molecular weight is 452 g/mol. The van der Waals surface area contributed by atoms with E-state index in [1.54, 1.807) is 48.2 Å². The number of rotatable bonds is 7. The maximum absolute atomic E-state index is 12.5. The zero-order valence-corrected chi connectivity index (χ0v) is 18.5. The molecule has 30 heavy (non-hydrogen) atoms. The van der Waals surface area contributed by atoms with Crippen molar-refractivity contribution in [2.75, 3.05) is 44.0 Å². The lowest BCUT2D eigenvalue weighted by molar-refractivity contribution is -0.122. The van der Waals surface area contributed by atoms with Crippen molar-refractivity contribution in [2.45, 2.75) is 13.0 Å². The number of carbonyl (C=O) groups excluding carboxylic acids is 2. The van der Waals surface area contributed by atoms with Crippen LogP contribution in [-0.4, -0.2) is 56.6 Å². The molecule has 0 radical (unpaired) electrons. The third kappa shape index (κ3) is 5.36. The Morgan fingerprint density at radius 3 is 2.73 bits per heavy atom. The lowest BCUT2D eigenvalue weighted by Gasteiger charge is -2.30. The Morgan fingerprint density at radius 2 is 2.03 bits per heavy atom. The minimum atomic E-state index is -0.793. The van der Waals surface area contributed by atoms with E-state index in [-0.39, 0.29) is 18.4 Å². The van der Waals surface area contributed by atoms with Crippen molar-refractivity contribution >= 4 is 46.4 Å². The molecule has 0 bridgehead atoms. The second kappa shape index (κ2) is 9.55. The van der Waals surface area contributed by atoms with Gasteiger partial charge in [-0.25, -0.2) is 0 Å². The summed E-state index contributed by atoms with van der Waals surface area (Å²) in [5, 5.41) is 3.60. The average Bonchev–Trinajstić information content (AvgIpc) is 2.69. The van der Waals surface area contributed by atoms with E-state index in [1.165, 1.54) is 0 Å². The summed E-state index contributed by atoms with van der Waals surface area (Å²) in [5.41, 5.74) is 1.22. The van der Waals surface area contributed by atoms with Crippen LogP contribution < -0.4 is 19.7 Å². The highest BCUT2D eigenvalue weighted by Gasteiger charge is 2.26. The van der Waals surface area contributed by atoms with E-state index in [0.29, 0.717) is 39.5 Å². The van der Waals surface area contributed by atoms with Gasteiger partial charge in [-0.1, -0.05) is 23.2 Å². The fourth-order valence-electron chi connectivity index (χ4n) is 2.89. The third-order valence-electron chi connectivity index (χ3n) is 4.51. The van der Waals surface area contributed by atoms with Crippen LogP contribution in [0.1, 0.15) is 6.92 Å². The van der Waals surface area contributed by atoms with Crippen LogP contribution in [0.3, 0.4) is 0 Å². The van der Waals surface area contributed by atoms with Gasteiger partial charge in [-0.15, -0.1) is 0 Å². The van der Waals surface area contributed by atoms with Crippen LogP contribution in [0.15, 0.2) is 36.4 Å². The molecule has 1 atom stereocenters. The number of amides is 2. The van der Waals surface area contributed by atoms with Gasteiger partial charge in [0, 0.05) is 29.9 Å². The summed E-state index contributed by atoms with van der Waals surface area (Å²) in [6.07, 6.45) is -0.793. The molecule has 1 N–H and O–H groups in total. The van der Waals surface area contributed by atoms with E-state index >= 15 is 0 Å². The highest BCUT2D eigenvalue weighted by Crippen LogP contribution is 2.34. The number of nitrogens with one attached hydrogen (secondary N) is 1. The quantitative estimate of drug-likeness (QED) is 0.694. The molecule has 160 valence electrons. The van der Waals surface area contributed by atoms with Crippen molar-refractivity contribution in [3.8, 4) is 11.5 Å². The predicted molar refractivity (Wildman–Crippen MR) is 118 cm³/mol. The van der Waals surface area contributed by atoms with Crippen LogP contribution in [0.25, 0.3) is 0 Å². The zero-order valence-electron chi connectivity index (χ0n) is 16.9. The fourth-order valence-corrected chi connectivity index (χ4v) is 3.34. The number of benzene rings is 2. The van der Waals surface area contributed by atoms with Crippen molar-refractivity contribution in [1.29, 1.82) is 0 Å². The van der Waals surface area contributed by atoms with Crippen LogP contribution >= 0.6 is 23.2 Å². The fraction of sp³-hybridized carbons (Fsp3) is 0.333. The number of ether oxygens (including phenoxy) is 2. The standard InChI is InChI=1S/C21H23Cl2N3O4/c1-13(30-18-7-4-14(22)10-16(18)23)21(28)24-15-5-6-17-19(11-15)29-12-20(27)26(17)9-8-25(2)3/h4-7,10-11,13H,8-9,12H2,1-3H3,(H,24,28). The van der Waals surface area contributed by atoms with E-state index in [9.17, 15) is 9.59 Å². The number of carbonyl (C=O) groups is 2. The van der Waals surface area contributed by atoms with Gasteiger partial charge in [0.15, 0.2) is 12.7 Å². The van der Waals surface area contributed by atoms with Gasteiger partial charge < -0.3 is 24.6 Å². The van der Waals surface area contributed by atoms with Gasteiger partial charge in [0.25, 0.3) is 11.8 Å². The smallest absolute Gasteiger partial charge is 0.265 e. The molecule has 1 heterocycles. The number of likely N-dealkylation sites (N-methyl/N-ethyl adjacent to an activating group) is 1. The summed E-state index contributed by atoms with van der Waals surface area (Å²) in [5.74, 6) is 0.466. The maximum atomic E-state index is 12.5. The van der Waals surface area contributed by atoms with Crippen molar-refractivity contribution in [1.82, 2.24) is 4.90 Å². The molecular weight excluding hydrogens is 429 g/mol. The summed E-state index contributed by atoms with van der Waals surface area (Å²) in [6.45, 7) is 2.87. The Balaban J connectivity index is 1.68. The lowest BCUT2D eigenvalue weighted by atomic mass is 10.2. The minimum Gasteiger partial charge on any atom is -0.481 e. The van der Waals surface area contributed by atoms with E-state index in [2.05, 4.69) is 5.32 Å². The monoisotopic (exact) mass is 451 g/mol. The number of fused-ring (bicyclic) bond motifs is 1. The first kappa shape index (κ1) is 22.2. The third-order valence-corrected chi connectivity index (χ3v) is 5.04. The number of hydrogen-bond donors (Lipinski definition) is 1. The molecule has 0 saturated heterocycles. The summed E-state index contributed by atoms with van der Waals surface area (Å²) < 4.78 is 11.2. The topological polar surface area (TPSA) is 71.1 Å². The molecule has 0 spiro atoms. The second-order valence-corrected chi connectivity index (χ2v) is 7.99. The molecule has 2 aromatic carbocycles. The van der Waals surface area contributed by atoms with Crippen molar-refractivity contribution in [3.05, 3.63) is 46.4 Å². The van der Waals surface area contributed by atoms with Crippen molar-refractivity contribution in [2.24, 2.45) is 0 Å². The largest absolute Gasteiger partial charge is 0.481 e. The highest BCUT2D eigenvalue weighted by atomic mass is 35.5. The molecule has 3 rings (SSSR count). The highest BCUT2D eigenvalue weighted by molar-refractivity contribution is 6.35. The Bertz CT molecular complexity index is 952. The Morgan fingerprint density at radius 1 is 1.27 bits per heavy atom. The van der Waals surface area contributed by atoms with Crippen LogP contribution in [0.4, 0.5) is 11.4 Å². The van der Waals surface area contributed by atoms with E-state index in [0.717, 1.165) is 6.54 Å². The summed E-state index contributed by atoms with van der Waals surface area (Å²) >= 11 is 12.0. The van der Waals surface area contributed by atoms with Gasteiger partial charge >= 0.3 is 0 Å². The van der Waals surface area contributed by atoms with Gasteiger partial charge in [-0.2, -0.15) is 0 Å². The Labute approximate surface area is 185 Å². The molecule has 1 aliphatic rings. The molecule has 0 aromatic heterocycles. The van der Waals surface area contributed by atoms with Crippen molar-refractivity contribution in [3.63, 3.8) is 0 Å². The van der Waals surface area contributed by atoms with Gasteiger partial charge in [0.1, 0.15) is 11.5 Å². The van der Waals surface area contributed by atoms with E-state index < -0.39 is 6.10 Å². The molecule has 9 heteroatoms. The van der Waals surface area contributed by atoms with Gasteiger partial charge in [0.2, 0.25) is 0 Å². The molecule has 0 fully saturated rings. The molecule has 0 aliphatic carbocycles. The van der Waals surface area contributed by atoms with Crippen LogP contribution in [0.5, 0.6) is 11.5 Å². The van der Waals surface area contributed by atoms with E-state index in [1.807, 2.05) is 19.0 Å². The van der Waals surface area contributed by atoms with Gasteiger partial charge in [-0.3, -0.25) is 9.59 Å². The number of hydrogen-bond acceptors (Lipinski definition) is 5.